The molecule has 0 unspecified atom stereocenters. The van der Waals surface area contributed by atoms with Crippen LogP contribution in [0.2, 0.25) is 0 Å². The number of hydrogen-bond acceptors (Lipinski definition) is 8. The molecule has 8 heteroatoms. The van der Waals surface area contributed by atoms with Crippen molar-refractivity contribution in [1.29, 1.82) is 0 Å². The van der Waals surface area contributed by atoms with Crippen LogP contribution in [0.4, 0.5) is 11.4 Å². The first-order valence-electron chi connectivity index (χ1n) is 13.2. The van der Waals surface area contributed by atoms with Crippen molar-refractivity contribution in [3.63, 3.8) is 0 Å². The number of nitrogen functional groups attached to an aromatic ring is 1. The van der Waals surface area contributed by atoms with E-state index in [9.17, 15) is 15.0 Å². The molecule has 208 valence electrons. The molecular formula is C34H28N4O4. The molecule has 0 aliphatic carbocycles. The van der Waals surface area contributed by atoms with Gasteiger partial charge in [-0.1, -0.05) is 66.7 Å². The second kappa shape index (κ2) is 12.6. The number of ether oxygens (including phenoxy) is 1. The van der Waals surface area contributed by atoms with E-state index in [4.69, 9.17) is 5.73 Å². The van der Waals surface area contributed by atoms with Gasteiger partial charge in [0, 0.05) is 28.4 Å². The fraction of sp³-hybridized carbons (Fsp3) is 0.0588. The predicted octanol–water partition coefficient (Wildman–Crippen LogP) is 6.67. The number of nitrogens with zero attached hydrogens (tertiary/aromatic N) is 3. The molecule has 4 N–H and O–H groups in total. The molecule has 0 saturated carbocycles. The maximum absolute atomic E-state index is 10.2. The van der Waals surface area contributed by atoms with E-state index in [0.29, 0.717) is 10.9 Å². The smallest absolute Gasteiger partial charge is 0.298 e. The Kier molecular flexibility index (Phi) is 8.34. The summed E-state index contributed by atoms with van der Waals surface area (Å²) in [6.07, 6.45) is 3.50. The molecule has 2 aromatic heterocycles. The zero-order valence-corrected chi connectivity index (χ0v) is 22.8. The zero-order valence-electron chi connectivity index (χ0n) is 22.8. The number of nitrogens with two attached hydrogens (primary N) is 1. The number of aryl methyl sites for hydroxylation is 1. The minimum atomic E-state index is -0.143. The van der Waals surface area contributed by atoms with Crippen molar-refractivity contribution in [2.75, 3.05) is 5.73 Å². The Hall–Kier alpha value is -5.76. The second-order valence-corrected chi connectivity index (χ2v) is 9.46. The van der Waals surface area contributed by atoms with Gasteiger partial charge in [-0.2, -0.15) is 0 Å². The highest BCUT2D eigenvalue weighted by atomic mass is 16.5. The summed E-state index contributed by atoms with van der Waals surface area (Å²) in [5.41, 5.74) is 13.0. The first-order chi connectivity index (χ1) is 20.5. The number of pyridine rings is 2. The molecule has 0 bridgehead atoms. The average Bonchev–Trinajstić information content (AvgIpc) is 3.44. The van der Waals surface area contributed by atoms with Gasteiger partial charge in [0.05, 0.1) is 34.8 Å². The van der Waals surface area contributed by atoms with E-state index < -0.39 is 0 Å². The number of anilines is 1. The van der Waals surface area contributed by atoms with Crippen LogP contribution in [0.5, 0.6) is 17.2 Å². The molecule has 0 atom stereocenters. The van der Waals surface area contributed by atoms with E-state index in [1.807, 2.05) is 79.7 Å². The maximum Gasteiger partial charge on any atom is 0.298 e. The van der Waals surface area contributed by atoms with Gasteiger partial charge in [0.2, 0.25) is 0 Å². The van der Waals surface area contributed by atoms with E-state index in [2.05, 4.69) is 25.8 Å². The third kappa shape index (κ3) is 6.03. The second-order valence-electron chi connectivity index (χ2n) is 9.46. The lowest BCUT2D eigenvalue weighted by molar-refractivity contribution is -0.120. The summed E-state index contributed by atoms with van der Waals surface area (Å²) in [6.45, 7) is 2.27. The number of aromatic nitrogens is 2. The van der Waals surface area contributed by atoms with Gasteiger partial charge in [-0.05, 0) is 48.4 Å². The number of carbonyl (C=O) groups excluding carboxylic acids is 1. The van der Waals surface area contributed by atoms with Crippen LogP contribution in [0.15, 0.2) is 114 Å². The summed E-state index contributed by atoms with van der Waals surface area (Å²) in [6, 6.07) is 30.8. The van der Waals surface area contributed by atoms with Gasteiger partial charge in [0.25, 0.3) is 6.47 Å². The van der Waals surface area contributed by atoms with Gasteiger partial charge < -0.3 is 20.7 Å². The molecule has 0 fully saturated rings. The SMILES string of the molecule is Cc1ccccc1N.O=COc1c(O)cnc2ccccc12.Oc1cnc2ccccc2c1C1=Nc2ccccc2C1. The summed E-state index contributed by atoms with van der Waals surface area (Å²) < 4.78 is 4.68. The van der Waals surface area contributed by atoms with Crippen molar-refractivity contribution >= 4 is 45.4 Å². The molecule has 42 heavy (non-hydrogen) atoms. The molecule has 4 aromatic carbocycles. The van der Waals surface area contributed by atoms with Crippen LogP contribution in [-0.2, 0) is 11.2 Å². The number of carbonyl (C=O) groups is 1. The number of benzene rings is 4. The van der Waals surface area contributed by atoms with Crippen LogP contribution >= 0.6 is 0 Å². The number of para-hydroxylation sites is 4. The van der Waals surface area contributed by atoms with Crippen molar-refractivity contribution in [1.82, 2.24) is 9.97 Å². The molecule has 0 amide bonds. The van der Waals surface area contributed by atoms with E-state index in [1.165, 1.54) is 18.0 Å². The minimum Gasteiger partial charge on any atom is -0.506 e. The van der Waals surface area contributed by atoms with Crippen LogP contribution in [-0.4, -0.2) is 32.4 Å². The quantitative estimate of drug-likeness (QED) is 0.164. The van der Waals surface area contributed by atoms with E-state index >= 15 is 0 Å². The lowest BCUT2D eigenvalue weighted by Crippen LogP contribution is -2.02. The predicted molar refractivity (Wildman–Crippen MR) is 165 cm³/mol. The van der Waals surface area contributed by atoms with Crippen molar-refractivity contribution in [3.05, 3.63) is 126 Å². The molecule has 1 aliphatic heterocycles. The Labute approximate surface area is 242 Å². The summed E-state index contributed by atoms with van der Waals surface area (Å²) >= 11 is 0. The highest BCUT2D eigenvalue weighted by Crippen LogP contribution is 2.34. The van der Waals surface area contributed by atoms with Crippen LogP contribution in [0.3, 0.4) is 0 Å². The van der Waals surface area contributed by atoms with E-state index in [-0.39, 0.29) is 23.7 Å². The Morgan fingerprint density at radius 1 is 0.762 bits per heavy atom. The molecule has 6 aromatic rings. The van der Waals surface area contributed by atoms with Gasteiger partial charge in [0.15, 0.2) is 11.5 Å². The minimum absolute atomic E-state index is 0.143. The van der Waals surface area contributed by atoms with Crippen molar-refractivity contribution in [2.45, 2.75) is 13.3 Å². The Bertz CT molecular complexity index is 1900. The summed E-state index contributed by atoms with van der Waals surface area (Å²) in [5.74, 6) is 0.191. The highest BCUT2D eigenvalue weighted by Gasteiger charge is 2.20. The van der Waals surface area contributed by atoms with Crippen LogP contribution in [0.25, 0.3) is 21.8 Å². The molecule has 3 heterocycles. The van der Waals surface area contributed by atoms with Gasteiger partial charge in [-0.3, -0.25) is 19.8 Å². The van der Waals surface area contributed by atoms with Gasteiger partial charge in [-0.25, -0.2) is 0 Å². The number of hydrogen-bond donors (Lipinski definition) is 3. The summed E-state index contributed by atoms with van der Waals surface area (Å²) in [4.78, 5) is 23.1. The topological polar surface area (TPSA) is 131 Å². The van der Waals surface area contributed by atoms with Gasteiger partial charge in [-0.15, -0.1) is 0 Å². The third-order valence-corrected chi connectivity index (χ3v) is 6.71. The van der Waals surface area contributed by atoms with Crippen molar-refractivity contribution in [3.8, 4) is 17.2 Å². The molecule has 0 spiro atoms. The summed E-state index contributed by atoms with van der Waals surface area (Å²) in [7, 11) is 0. The highest BCUT2D eigenvalue weighted by molar-refractivity contribution is 6.15. The largest absolute Gasteiger partial charge is 0.506 e. The van der Waals surface area contributed by atoms with Crippen LogP contribution < -0.4 is 10.5 Å². The third-order valence-electron chi connectivity index (χ3n) is 6.71. The van der Waals surface area contributed by atoms with Crippen LogP contribution in [0.1, 0.15) is 16.7 Å². The maximum atomic E-state index is 10.2. The fourth-order valence-corrected chi connectivity index (χ4v) is 4.58. The van der Waals surface area contributed by atoms with Crippen molar-refractivity contribution < 1.29 is 19.7 Å². The lowest BCUT2D eigenvalue weighted by atomic mass is 10.00. The Morgan fingerprint density at radius 3 is 2.02 bits per heavy atom. The molecule has 1 aliphatic rings. The van der Waals surface area contributed by atoms with Crippen molar-refractivity contribution in [2.24, 2.45) is 4.99 Å². The van der Waals surface area contributed by atoms with Crippen LogP contribution in [0, 0.1) is 6.92 Å². The number of aliphatic imine (C=N–C) groups is 1. The number of rotatable bonds is 3. The molecule has 0 radical (unpaired) electrons. The molecular weight excluding hydrogens is 528 g/mol. The normalized spacial score (nSPS) is 11.4. The molecule has 0 saturated heterocycles. The van der Waals surface area contributed by atoms with E-state index in [0.717, 1.165) is 45.5 Å². The summed E-state index contributed by atoms with van der Waals surface area (Å²) in [5, 5.41) is 21.2. The lowest BCUT2D eigenvalue weighted by Gasteiger charge is -2.08. The number of aromatic hydroxyl groups is 2. The average molecular weight is 557 g/mol. The van der Waals surface area contributed by atoms with Gasteiger partial charge in [0.1, 0.15) is 5.75 Å². The standard InChI is InChI=1S/C17H12N2O.C10H7NO3.C7H9N/c20-16-10-18-14-8-4-2-6-12(14)17(16)15-9-11-5-1-3-7-13(11)19-15;12-6-14-10-7-3-1-2-4-8(7)11-5-9(10)13;1-6-4-2-3-5-7(6)8/h1-8,10,20H,9H2;1-6,13H;2-5H,8H2,1H3. The van der Waals surface area contributed by atoms with E-state index in [1.54, 1.807) is 18.2 Å². The first kappa shape index (κ1) is 27.8. The first-order valence-corrected chi connectivity index (χ1v) is 13.2. The Balaban J connectivity index is 0.000000139. The molecule has 8 nitrogen and oxygen atoms in total. The fourth-order valence-electron chi connectivity index (χ4n) is 4.58. The molecule has 7 rings (SSSR count). The van der Waals surface area contributed by atoms with Gasteiger partial charge >= 0.3 is 0 Å². The zero-order chi connectivity index (χ0) is 29.5. The Morgan fingerprint density at radius 2 is 1.36 bits per heavy atom. The number of fused-ring (bicyclic) bond motifs is 3. The monoisotopic (exact) mass is 556 g/mol.